The summed E-state index contributed by atoms with van der Waals surface area (Å²) >= 11 is 0. The zero-order chi connectivity index (χ0) is 18.5. The van der Waals surface area contributed by atoms with Crippen LogP contribution in [0.3, 0.4) is 0 Å². The molecule has 0 aliphatic rings. The van der Waals surface area contributed by atoms with Gasteiger partial charge in [-0.25, -0.2) is 4.79 Å². The zero-order valence-electron chi connectivity index (χ0n) is 14.9. The number of rotatable bonds is 12. The number of terminal acetylenes is 1. The molecule has 1 amide bonds. The molecule has 7 heteroatoms. The standard InChI is InChI=1S/C17H27NO6/c1-6-18(13(5)19)14(16(21)22-7-2)11-10-12-15(20)17(23-8-3)24-9-4/h1,14,17H,7-12H2,2-5H3. The largest absolute Gasteiger partial charge is 0.464 e. The number of hydrogen-bond donors (Lipinski definition) is 0. The molecule has 136 valence electrons. The van der Waals surface area contributed by atoms with Crippen LogP contribution in [-0.4, -0.2) is 54.7 Å². The van der Waals surface area contributed by atoms with Crippen LogP contribution >= 0.6 is 0 Å². The fourth-order valence-electron chi connectivity index (χ4n) is 2.12. The first kappa shape index (κ1) is 22.1. The molecule has 0 spiro atoms. The highest BCUT2D eigenvalue weighted by Crippen LogP contribution is 2.13. The van der Waals surface area contributed by atoms with Crippen LogP contribution in [0.5, 0.6) is 0 Å². The lowest BCUT2D eigenvalue weighted by molar-refractivity contribution is -0.168. The fourth-order valence-corrected chi connectivity index (χ4v) is 2.12. The van der Waals surface area contributed by atoms with Gasteiger partial charge >= 0.3 is 5.97 Å². The Balaban J connectivity index is 4.76. The first-order valence-corrected chi connectivity index (χ1v) is 8.11. The molecule has 0 aliphatic heterocycles. The Hall–Kier alpha value is -1.91. The van der Waals surface area contributed by atoms with Crippen LogP contribution in [0, 0.1) is 12.5 Å². The maximum absolute atomic E-state index is 12.1. The van der Waals surface area contributed by atoms with Crippen LogP contribution < -0.4 is 0 Å². The first-order valence-electron chi connectivity index (χ1n) is 8.11. The summed E-state index contributed by atoms with van der Waals surface area (Å²) in [7, 11) is 0. The smallest absolute Gasteiger partial charge is 0.330 e. The molecule has 0 radical (unpaired) electrons. The summed E-state index contributed by atoms with van der Waals surface area (Å²) in [5, 5.41) is 0. The third kappa shape index (κ3) is 7.57. The van der Waals surface area contributed by atoms with Gasteiger partial charge in [-0.05, 0) is 33.6 Å². The van der Waals surface area contributed by atoms with Crippen molar-refractivity contribution in [2.24, 2.45) is 0 Å². The Labute approximate surface area is 143 Å². The van der Waals surface area contributed by atoms with Crippen molar-refractivity contribution in [1.29, 1.82) is 0 Å². The van der Waals surface area contributed by atoms with Crippen LogP contribution in [-0.2, 0) is 28.6 Å². The van der Waals surface area contributed by atoms with E-state index in [0.717, 1.165) is 4.90 Å². The third-order valence-electron chi connectivity index (χ3n) is 3.15. The molecule has 0 aliphatic carbocycles. The van der Waals surface area contributed by atoms with Gasteiger partial charge in [0.25, 0.3) is 0 Å². The van der Waals surface area contributed by atoms with Gasteiger partial charge in [0.1, 0.15) is 6.04 Å². The molecular weight excluding hydrogens is 314 g/mol. The summed E-state index contributed by atoms with van der Waals surface area (Å²) in [5.41, 5.74) is 0. The molecule has 0 aromatic heterocycles. The summed E-state index contributed by atoms with van der Waals surface area (Å²) in [6.07, 6.45) is 5.13. The average Bonchev–Trinajstić information content (AvgIpc) is 2.53. The van der Waals surface area contributed by atoms with E-state index in [1.165, 1.54) is 6.92 Å². The van der Waals surface area contributed by atoms with E-state index in [2.05, 4.69) is 6.04 Å². The number of amides is 1. The molecule has 0 aromatic rings. The predicted molar refractivity (Wildman–Crippen MR) is 87.7 cm³/mol. The molecule has 0 saturated heterocycles. The minimum absolute atomic E-state index is 0.150. The fraction of sp³-hybridized carbons (Fsp3) is 0.706. The van der Waals surface area contributed by atoms with Crippen molar-refractivity contribution in [2.75, 3.05) is 19.8 Å². The second kappa shape index (κ2) is 12.5. The number of Topliss-reactive ketones (excluding diaryl/α,β-unsaturated/α-hetero) is 1. The minimum atomic E-state index is -0.905. The van der Waals surface area contributed by atoms with Crippen molar-refractivity contribution in [3.63, 3.8) is 0 Å². The first-order chi connectivity index (χ1) is 11.4. The van der Waals surface area contributed by atoms with Crippen molar-refractivity contribution in [1.82, 2.24) is 4.90 Å². The second-order valence-electron chi connectivity index (χ2n) is 4.89. The van der Waals surface area contributed by atoms with Crippen LogP contribution in [0.25, 0.3) is 0 Å². The Morgan fingerprint density at radius 3 is 2.08 bits per heavy atom. The maximum atomic E-state index is 12.1. The number of ether oxygens (including phenoxy) is 3. The number of ketones is 1. The summed E-state index contributed by atoms with van der Waals surface area (Å²) in [4.78, 5) is 36.7. The highest BCUT2D eigenvalue weighted by Gasteiger charge is 2.29. The van der Waals surface area contributed by atoms with Crippen LogP contribution in [0.2, 0.25) is 0 Å². The van der Waals surface area contributed by atoms with Crippen molar-refractivity contribution in [2.45, 2.75) is 59.3 Å². The van der Waals surface area contributed by atoms with Gasteiger partial charge in [-0.2, -0.15) is 0 Å². The van der Waals surface area contributed by atoms with Crippen molar-refractivity contribution in [3.05, 3.63) is 0 Å². The SMILES string of the molecule is C#CN(C(C)=O)C(CCCC(=O)C(OCC)OCC)C(=O)OCC. The van der Waals surface area contributed by atoms with E-state index in [1.54, 1.807) is 20.8 Å². The molecule has 0 saturated carbocycles. The Kier molecular flexibility index (Phi) is 11.5. The zero-order valence-corrected chi connectivity index (χ0v) is 14.9. The third-order valence-corrected chi connectivity index (χ3v) is 3.15. The second-order valence-corrected chi connectivity index (χ2v) is 4.89. The molecule has 0 rings (SSSR count). The lowest BCUT2D eigenvalue weighted by Gasteiger charge is -2.24. The van der Waals surface area contributed by atoms with Crippen molar-refractivity contribution in [3.8, 4) is 12.5 Å². The molecule has 0 fully saturated rings. The van der Waals surface area contributed by atoms with Gasteiger partial charge in [0.15, 0.2) is 5.78 Å². The van der Waals surface area contributed by atoms with Gasteiger partial charge in [-0.1, -0.05) is 6.42 Å². The van der Waals surface area contributed by atoms with Gasteiger partial charge in [-0.15, -0.1) is 0 Å². The summed E-state index contributed by atoms with van der Waals surface area (Å²) in [5.74, 6) is -1.22. The van der Waals surface area contributed by atoms with Gasteiger partial charge in [0.2, 0.25) is 12.2 Å². The van der Waals surface area contributed by atoms with Gasteiger partial charge in [0.05, 0.1) is 6.61 Å². The molecule has 1 unspecified atom stereocenters. The summed E-state index contributed by atoms with van der Waals surface area (Å²) in [6.45, 7) is 7.38. The van der Waals surface area contributed by atoms with Crippen molar-refractivity contribution >= 4 is 17.7 Å². The Bertz CT molecular complexity index is 450. The highest BCUT2D eigenvalue weighted by molar-refractivity contribution is 5.85. The minimum Gasteiger partial charge on any atom is -0.464 e. The van der Waals surface area contributed by atoms with Crippen LogP contribution in [0.1, 0.15) is 47.0 Å². The normalized spacial score (nSPS) is 11.7. The number of carbonyl (C=O) groups is 3. The van der Waals surface area contributed by atoms with E-state index >= 15 is 0 Å². The van der Waals surface area contributed by atoms with Crippen molar-refractivity contribution < 1.29 is 28.6 Å². The molecule has 24 heavy (non-hydrogen) atoms. The molecule has 7 nitrogen and oxygen atoms in total. The van der Waals surface area contributed by atoms with E-state index in [9.17, 15) is 14.4 Å². The predicted octanol–water partition coefficient (Wildman–Crippen LogP) is 1.50. The monoisotopic (exact) mass is 341 g/mol. The van der Waals surface area contributed by atoms with E-state index in [1.807, 2.05) is 0 Å². The van der Waals surface area contributed by atoms with E-state index in [0.29, 0.717) is 19.6 Å². The molecule has 1 atom stereocenters. The number of hydrogen-bond acceptors (Lipinski definition) is 6. The van der Waals surface area contributed by atoms with E-state index in [4.69, 9.17) is 20.6 Å². The molecular formula is C17H27NO6. The van der Waals surface area contributed by atoms with Gasteiger partial charge in [-0.3, -0.25) is 14.5 Å². The summed E-state index contributed by atoms with van der Waals surface area (Å²) < 4.78 is 15.4. The molecule has 0 bridgehead atoms. The van der Waals surface area contributed by atoms with Gasteiger partial charge in [0, 0.05) is 32.6 Å². The quantitative estimate of drug-likeness (QED) is 0.231. The van der Waals surface area contributed by atoms with Crippen LogP contribution in [0.4, 0.5) is 0 Å². The lowest BCUT2D eigenvalue weighted by atomic mass is 10.1. The van der Waals surface area contributed by atoms with E-state index < -0.39 is 24.2 Å². The molecule has 0 aromatic carbocycles. The molecule has 0 heterocycles. The number of carbonyl (C=O) groups excluding carboxylic acids is 3. The summed E-state index contributed by atoms with van der Waals surface area (Å²) in [6, 6.07) is 1.29. The Morgan fingerprint density at radius 1 is 1.08 bits per heavy atom. The average molecular weight is 341 g/mol. The van der Waals surface area contributed by atoms with E-state index in [-0.39, 0.29) is 25.2 Å². The lowest BCUT2D eigenvalue weighted by Crippen LogP contribution is -2.42. The number of esters is 1. The number of nitrogens with zero attached hydrogens (tertiary/aromatic N) is 1. The topological polar surface area (TPSA) is 82.1 Å². The Morgan fingerprint density at radius 2 is 1.67 bits per heavy atom. The van der Waals surface area contributed by atoms with Gasteiger partial charge < -0.3 is 14.2 Å². The molecule has 0 N–H and O–H groups in total. The highest BCUT2D eigenvalue weighted by atomic mass is 16.7. The van der Waals surface area contributed by atoms with Crippen LogP contribution in [0.15, 0.2) is 0 Å². The maximum Gasteiger partial charge on any atom is 0.330 e.